The van der Waals surface area contributed by atoms with Gasteiger partial charge < -0.3 is 4.48 Å². The van der Waals surface area contributed by atoms with Gasteiger partial charge in [0.2, 0.25) is 0 Å². The highest BCUT2D eigenvalue weighted by molar-refractivity contribution is 4.93. The SMILES string of the molecule is c1cc(C[N+]23CCC(CC2)CC3)nnn1. The number of rotatable bonds is 2. The lowest BCUT2D eigenvalue weighted by Gasteiger charge is -2.48. The van der Waals surface area contributed by atoms with Crippen molar-refractivity contribution < 1.29 is 4.48 Å². The van der Waals surface area contributed by atoms with Gasteiger partial charge in [0.05, 0.1) is 25.8 Å². The lowest BCUT2D eigenvalue weighted by Crippen LogP contribution is -2.57. The summed E-state index contributed by atoms with van der Waals surface area (Å²) in [6, 6.07) is 2.00. The third-order valence-electron chi connectivity index (χ3n) is 4.09. The molecule has 2 bridgehead atoms. The minimum Gasteiger partial charge on any atom is -0.318 e. The van der Waals surface area contributed by atoms with E-state index in [9.17, 15) is 0 Å². The maximum Gasteiger partial charge on any atom is 0.124 e. The van der Waals surface area contributed by atoms with Crippen LogP contribution >= 0.6 is 0 Å². The molecule has 3 aliphatic rings. The molecule has 4 heteroatoms. The van der Waals surface area contributed by atoms with Crippen LogP contribution in [0.2, 0.25) is 0 Å². The Labute approximate surface area is 89.9 Å². The van der Waals surface area contributed by atoms with Crippen molar-refractivity contribution in [2.45, 2.75) is 25.8 Å². The highest BCUT2D eigenvalue weighted by Gasteiger charge is 2.39. The van der Waals surface area contributed by atoms with Crippen LogP contribution in [0.3, 0.4) is 0 Å². The molecule has 3 aliphatic heterocycles. The smallest absolute Gasteiger partial charge is 0.124 e. The maximum atomic E-state index is 4.11. The molecule has 0 amide bonds. The van der Waals surface area contributed by atoms with E-state index in [-0.39, 0.29) is 0 Å². The largest absolute Gasteiger partial charge is 0.318 e. The van der Waals surface area contributed by atoms with Crippen molar-refractivity contribution in [2.24, 2.45) is 5.92 Å². The third-order valence-corrected chi connectivity index (χ3v) is 4.09. The molecule has 4 heterocycles. The molecule has 3 saturated heterocycles. The topological polar surface area (TPSA) is 38.7 Å². The van der Waals surface area contributed by atoms with Crippen LogP contribution < -0.4 is 0 Å². The highest BCUT2D eigenvalue weighted by atomic mass is 15.4. The summed E-state index contributed by atoms with van der Waals surface area (Å²) in [5, 5.41) is 11.6. The zero-order valence-corrected chi connectivity index (χ0v) is 8.97. The quantitative estimate of drug-likeness (QED) is 0.676. The Morgan fingerprint density at radius 2 is 1.93 bits per heavy atom. The molecule has 0 radical (unpaired) electrons. The van der Waals surface area contributed by atoms with Crippen LogP contribution in [0.25, 0.3) is 0 Å². The zero-order chi connectivity index (χ0) is 10.1. The van der Waals surface area contributed by atoms with Gasteiger partial charge in [0.15, 0.2) is 0 Å². The van der Waals surface area contributed by atoms with Gasteiger partial charge in [-0.1, -0.05) is 0 Å². The molecule has 0 N–H and O–H groups in total. The summed E-state index contributed by atoms with van der Waals surface area (Å²) in [5.41, 5.74) is 1.10. The molecule has 3 fully saturated rings. The van der Waals surface area contributed by atoms with E-state index < -0.39 is 0 Å². The molecular weight excluding hydrogens is 188 g/mol. The van der Waals surface area contributed by atoms with E-state index in [2.05, 4.69) is 15.4 Å². The number of hydrogen-bond donors (Lipinski definition) is 0. The molecule has 0 unspecified atom stereocenters. The maximum absolute atomic E-state index is 4.11. The summed E-state index contributed by atoms with van der Waals surface area (Å²) in [6.45, 7) is 5.08. The number of piperidine rings is 3. The molecule has 0 atom stereocenters. The Balaban J connectivity index is 1.76. The van der Waals surface area contributed by atoms with Gasteiger partial charge >= 0.3 is 0 Å². The molecular formula is C11H17N4+. The van der Waals surface area contributed by atoms with Crippen LogP contribution in [0.4, 0.5) is 0 Å². The highest BCUT2D eigenvalue weighted by Crippen LogP contribution is 2.34. The van der Waals surface area contributed by atoms with Crippen molar-refractivity contribution in [2.75, 3.05) is 19.6 Å². The second-order valence-corrected chi connectivity index (χ2v) is 5.01. The Hall–Kier alpha value is -1.03. The van der Waals surface area contributed by atoms with Crippen molar-refractivity contribution in [3.63, 3.8) is 0 Å². The molecule has 4 nitrogen and oxygen atoms in total. The molecule has 80 valence electrons. The van der Waals surface area contributed by atoms with Crippen LogP contribution in [0.1, 0.15) is 25.0 Å². The summed E-state index contributed by atoms with van der Waals surface area (Å²) in [4.78, 5) is 0. The molecule has 0 spiro atoms. The van der Waals surface area contributed by atoms with E-state index in [1.807, 2.05) is 6.07 Å². The fourth-order valence-corrected chi connectivity index (χ4v) is 3.07. The Bertz CT molecular complexity index is 316. The first kappa shape index (κ1) is 9.21. The molecule has 1 aromatic rings. The average Bonchev–Trinajstić information content (AvgIpc) is 2.32. The standard InChI is InChI=1S/C11H17N4/c1-5-12-14-13-11(1)9-15-6-2-10(3-7-15)4-8-15/h1,5,10H,2-4,6-9H2/q+1. The van der Waals surface area contributed by atoms with E-state index in [1.165, 1.54) is 43.4 Å². The van der Waals surface area contributed by atoms with Crippen LogP contribution in [0, 0.1) is 5.92 Å². The minimum atomic E-state index is 1.02. The Kier molecular flexibility index (Phi) is 2.16. The molecule has 0 saturated carbocycles. The van der Waals surface area contributed by atoms with Crippen LogP contribution in [-0.4, -0.2) is 39.5 Å². The molecule has 15 heavy (non-hydrogen) atoms. The molecule has 0 aliphatic carbocycles. The average molecular weight is 205 g/mol. The van der Waals surface area contributed by atoms with Crippen molar-refractivity contribution in [1.82, 2.24) is 15.4 Å². The van der Waals surface area contributed by atoms with Gasteiger partial charge in [0.1, 0.15) is 12.2 Å². The summed E-state index contributed by atoms with van der Waals surface area (Å²) >= 11 is 0. The van der Waals surface area contributed by atoms with Gasteiger partial charge in [-0.25, -0.2) is 0 Å². The predicted octanol–water partition coefficient (Wildman–Crippen LogP) is 1.00. The fraction of sp³-hybridized carbons (Fsp3) is 0.727. The Morgan fingerprint density at radius 1 is 1.20 bits per heavy atom. The predicted molar refractivity (Wildman–Crippen MR) is 55.7 cm³/mol. The van der Waals surface area contributed by atoms with E-state index >= 15 is 0 Å². The van der Waals surface area contributed by atoms with Gasteiger partial charge in [-0.2, -0.15) is 0 Å². The number of hydrogen-bond acceptors (Lipinski definition) is 3. The lowest BCUT2D eigenvalue weighted by atomic mass is 9.85. The molecule has 0 aromatic carbocycles. The van der Waals surface area contributed by atoms with Crippen molar-refractivity contribution in [3.05, 3.63) is 18.0 Å². The normalized spacial score (nSPS) is 34.3. The second-order valence-electron chi connectivity index (χ2n) is 5.01. The molecule has 1 aromatic heterocycles. The first-order valence-electron chi connectivity index (χ1n) is 5.85. The van der Waals surface area contributed by atoms with E-state index in [1.54, 1.807) is 6.20 Å². The first-order valence-corrected chi connectivity index (χ1v) is 5.85. The second kappa shape index (κ2) is 3.52. The fourth-order valence-electron chi connectivity index (χ4n) is 3.07. The number of quaternary nitrogens is 1. The molecule has 4 rings (SSSR count). The van der Waals surface area contributed by atoms with Gasteiger partial charge in [0.25, 0.3) is 0 Å². The summed E-state index contributed by atoms with van der Waals surface area (Å²) in [5.74, 6) is 1.02. The van der Waals surface area contributed by atoms with Crippen LogP contribution in [0.5, 0.6) is 0 Å². The Morgan fingerprint density at radius 3 is 2.53 bits per heavy atom. The summed E-state index contributed by atoms with van der Waals surface area (Å²) < 4.78 is 1.25. The number of fused-ring (bicyclic) bond motifs is 3. The third kappa shape index (κ3) is 1.74. The first-order chi connectivity index (χ1) is 7.36. The lowest BCUT2D eigenvalue weighted by molar-refractivity contribution is -0.955. The zero-order valence-electron chi connectivity index (χ0n) is 8.97. The van der Waals surface area contributed by atoms with Crippen LogP contribution in [0.15, 0.2) is 12.3 Å². The van der Waals surface area contributed by atoms with Crippen LogP contribution in [-0.2, 0) is 6.54 Å². The number of nitrogens with zero attached hydrogens (tertiary/aromatic N) is 4. The van der Waals surface area contributed by atoms with Crippen molar-refractivity contribution in [1.29, 1.82) is 0 Å². The van der Waals surface area contributed by atoms with Gasteiger partial charge in [-0.15, -0.1) is 10.2 Å². The summed E-state index contributed by atoms with van der Waals surface area (Å²) in [7, 11) is 0. The van der Waals surface area contributed by atoms with E-state index in [0.717, 1.165) is 18.2 Å². The van der Waals surface area contributed by atoms with Crippen molar-refractivity contribution >= 4 is 0 Å². The van der Waals surface area contributed by atoms with Crippen molar-refractivity contribution in [3.8, 4) is 0 Å². The number of aromatic nitrogens is 3. The van der Waals surface area contributed by atoms with Gasteiger partial charge in [-0.3, -0.25) is 0 Å². The van der Waals surface area contributed by atoms with Gasteiger partial charge in [0, 0.05) is 0 Å². The minimum absolute atomic E-state index is 1.02. The van der Waals surface area contributed by atoms with Gasteiger partial charge in [-0.05, 0) is 36.5 Å². The van der Waals surface area contributed by atoms with E-state index in [0.29, 0.717) is 0 Å². The monoisotopic (exact) mass is 205 g/mol. The van der Waals surface area contributed by atoms with E-state index in [4.69, 9.17) is 0 Å². The summed E-state index contributed by atoms with van der Waals surface area (Å²) in [6.07, 6.45) is 5.99.